The first-order valence-electron chi connectivity index (χ1n) is 6.99. The van der Waals surface area contributed by atoms with Gasteiger partial charge < -0.3 is 19.6 Å². The maximum atomic E-state index is 10.8. The van der Waals surface area contributed by atoms with E-state index >= 15 is 0 Å². The normalized spacial score (nSPS) is 10.3. The molecule has 0 saturated carbocycles. The second kappa shape index (κ2) is 7.40. The molecule has 0 amide bonds. The third-order valence-corrected chi connectivity index (χ3v) is 2.93. The van der Waals surface area contributed by atoms with Crippen LogP contribution in [0, 0.1) is 24.0 Å². The van der Waals surface area contributed by atoms with Crippen LogP contribution in [-0.2, 0) is 0 Å². The maximum Gasteiger partial charge on any atom is 0.406 e. The van der Waals surface area contributed by atoms with E-state index in [0.29, 0.717) is 19.6 Å². The molecule has 1 aromatic heterocycles. The number of aromatic nitrogens is 1. The molecule has 0 aliphatic heterocycles. The zero-order chi connectivity index (χ0) is 15.9. The summed E-state index contributed by atoms with van der Waals surface area (Å²) in [5.74, 6) is 0.737. The average Bonchev–Trinajstić information content (AvgIpc) is 2.46. The summed E-state index contributed by atoms with van der Waals surface area (Å²) < 4.78 is 11.1. The van der Waals surface area contributed by atoms with Gasteiger partial charge >= 0.3 is 5.82 Å². The van der Waals surface area contributed by atoms with Crippen LogP contribution in [-0.4, -0.2) is 23.1 Å². The standard InChI is InChI=1S/C16H18N2O4/c1-12-9-13(2)11-14(10-12)21-7-4-8-22-15-5-3-6-17-16(15)18(19)20/h3,5-6,9-11H,4,7-8H2,1-2H3. The zero-order valence-electron chi connectivity index (χ0n) is 12.6. The first kappa shape index (κ1) is 15.8. The summed E-state index contributed by atoms with van der Waals surface area (Å²) in [5.41, 5.74) is 2.30. The highest BCUT2D eigenvalue weighted by Crippen LogP contribution is 2.23. The molecule has 1 heterocycles. The highest BCUT2D eigenvalue weighted by molar-refractivity contribution is 5.38. The van der Waals surface area contributed by atoms with Gasteiger partial charge in [0.25, 0.3) is 0 Å². The van der Waals surface area contributed by atoms with Crippen molar-refractivity contribution in [2.45, 2.75) is 20.3 Å². The number of ether oxygens (including phenoxy) is 2. The number of benzene rings is 1. The van der Waals surface area contributed by atoms with Crippen molar-refractivity contribution in [3.63, 3.8) is 0 Å². The number of hydrogen-bond donors (Lipinski definition) is 0. The van der Waals surface area contributed by atoms with Crippen LogP contribution in [0.5, 0.6) is 11.5 Å². The van der Waals surface area contributed by atoms with Gasteiger partial charge in [-0.15, -0.1) is 0 Å². The molecule has 0 fully saturated rings. The van der Waals surface area contributed by atoms with E-state index in [4.69, 9.17) is 9.47 Å². The third kappa shape index (κ3) is 4.44. The molecule has 0 aliphatic carbocycles. The van der Waals surface area contributed by atoms with Crippen LogP contribution in [0.2, 0.25) is 0 Å². The lowest BCUT2D eigenvalue weighted by Gasteiger charge is -2.09. The topological polar surface area (TPSA) is 74.5 Å². The molecule has 0 saturated heterocycles. The number of rotatable bonds is 7. The van der Waals surface area contributed by atoms with E-state index < -0.39 is 4.92 Å². The first-order chi connectivity index (χ1) is 10.6. The lowest BCUT2D eigenvalue weighted by Crippen LogP contribution is -2.06. The summed E-state index contributed by atoms with van der Waals surface area (Å²) in [7, 11) is 0. The monoisotopic (exact) mass is 302 g/mol. The van der Waals surface area contributed by atoms with Gasteiger partial charge in [0.2, 0.25) is 5.75 Å². The molecule has 0 aliphatic rings. The summed E-state index contributed by atoms with van der Waals surface area (Å²) in [6.45, 7) is 4.85. The molecule has 2 rings (SSSR count). The number of nitrogens with zero attached hydrogens (tertiary/aromatic N) is 2. The molecule has 6 nitrogen and oxygen atoms in total. The van der Waals surface area contributed by atoms with Gasteiger partial charge in [0, 0.05) is 6.42 Å². The lowest BCUT2D eigenvalue weighted by molar-refractivity contribution is -0.390. The lowest BCUT2D eigenvalue weighted by atomic mass is 10.1. The summed E-state index contributed by atoms with van der Waals surface area (Å²) >= 11 is 0. The highest BCUT2D eigenvalue weighted by atomic mass is 16.6. The molecule has 116 valence electrons. The number of nitro groups is 1. The fourth-order valence-electron chi connectivity index (χ4n) is 2.08. The van der Waals surface area contributed by atoms with Crippen molar-refractivity contribution < 1.29 is 14.4 Å². The van der Waals surface area contributed by atoms with Crippen LogP contribution in [0.3, 0.4) is 0 Å². The molecule has 22 heavy (non-hydrogen) atoms. The fourth-order valence-corrected chi connectivity index (χ4v) is 2.08. The molecule has 2 aromatic rings. The van der Waals surface area contributed by atoms with Crippen molar-refractivity contribution >= 4 is 5.82 Å². The number of pyridine rings is 1. The summed E-state index contributed by atoms with van der Waals surface area (Å²) in [6.07, 6.45) is 1.99. The Balaban J connectivity index is 1.79. The maximum absolute atomic E-state index is 10.8. The van der Waals surface area contributed by atoms with Crippen LogP contribution >= 0.6 is 0 Å². The molecular weight excluding hydrogens is 284 g/mol. The van der Waals surface area contributed by atoms with Crippen molar-refractivity contribution in [1.82, 2.24) is 4.98 Å². The van der Waals surface area contributed by atoms with Crippen LogP contribution < -0.4 is 9.47 Å². The van der Waals surface area contributed by atoms with E-state index in [9.17, 15) is 10.1 Å². The van der Waals surface area contributed by atoms with Crippen LogP contribution in [0.25, 0.3) is 0 Å². The molecule has 0 unspecified atom stereocenters. The van der Waals surface area contributed by atoms with Crippen LogP contribution in [0.4, 0.5) is 5.82 Å². The molecule has 0 radical (unpaired) electrons. The van der Waals surface area contributed by atoms with Gasteiger partial charge in [0.15, 0.2) is 0 Å². The van der Waals surface area contributed by atoms with Gasteiger partial charge in [-0.3, -0.25) is 0 Å². The minimum atomic E-state index is -0.554. The van der Waals surface area contributed by atoms with E-state index in [1.54, 1.807) is 6.07 Å². The number of hydrogen-bond acceptors (Lipinski definition) is 5. The molecule has 1 aromatic carbocycles. The largest absolute Gasteiger partial charge is 0.493 e. The minimum Gasteiger partial charge on any atom is -0.493 e. The van der Waals surface area contributed by atoms with E-state index in [-0.39, 0.29) is 11.6 Å². The minimum absolute atomic E-state index is 0.180. The fraction of sp³-hybridized carbons (Fsp3) is 0.312. The molecule has 0 atom stereocenters. The second-order valence-corrected chi connectivity index (χ2v) is 4.96. The Morgan fingerprint density at radius 3 is 2.50 bits per heavy atom. The van der Waals surface area contributed by atoms with Gasteiger partial charge in [-0.25, -0.2) is 0 Å². The smallest absolute Gasteiger partial charge is 0.406 e. The van der Waals surface area contributed by atoms with Crippen molar-refractivity contribution in [2.24, 2.45) is 0 Å². The van der Waals surface area contributed by atoms with Gasteiger partial charge in [0.1, 0.15) is 11.9 Å². The first-order valence-corrected chi connectivity index (χ1v) is 6.99. The Morgan fingerprint density at radius 1 is 1.14 bits per heavy atom. The Morgan fingerprint density at radius 2 is 1.82 bits per heavy atom. The van der Waals surface area contributed by atoms with Gasteiger partial charge in [-0.1, -0.05) is 6.07 Å². The van der Waals surface area contributed by atoms with E-state index in [1.807, 2.05) is 26.0 Å². The van der Waals surface area contributed by atoms with Gasteiger partial charge in [-0.05, 0) is 59.1 Å². The Bertz CT molecular complexity index is 638. The van der Waals surface area contributed by atoms with E-state index in [0.717, 1.165) is 16.9 Å². The highest BCUT2D eigenvalue weighted by Gasteiger charge is 2.14. The molecule has 0 N–H and O–H groups in total. The predicted molar refractivity (Wildman–Crippen MR) is 82.4 cm³/mol. The summed E-state index contributed by atoms with van der Waals surface area (Å²) in [5, 5.41) is 10.8. The Kier molecular flexibility index (Phi) is 5.30. The Labute approximate surface area is 128 Å². The van der Waals surface area contributed by atoms with Crippen molar-refractivity contribution in [3.05, 3.63) is 57.8 Å². The van der Waals surface area contributed by atoms with E-state index in [2.05, 4.69) is 11.1 Å². The second-order valence-electron chi connectivity index (χ2n) is 4.96. The zero-order valence-corrected chi connectivity index (χ0v) is 12.6. The SMILES string of the molecule is Cc1cc(C)cc(OCCCOc2cccnc2[N+](=O)[O-])c1. The molecule has 0 bridgehead atoms. The quantitative estimate of drug-likeness (QED) is 0.445. The Hall–Kier alpha value is -2.63. The number of aryl methyl sites for hydroxylation is 2. The molecular formula is C16H18N2O4. The van der Waals surface area contributed by atoms with Gasteiger partial charge in [0.05, 0.1) is 13.2 Å². The molecule has 0 spiro atoms. The summed E-state index contributed by atoms with van der Waals surface area (Å²) in [4.78, 5) is 13.9. The van der Waals surface area contributed by atoms with Crippen LogP contribution in [0.1, 0.15) is 17.5 Å². The molecule has 6 heteroatoms. The van der Waals surface area contributed by atoms with Crippen molar-refractivity contribution in [1.29, 1.82) is 0 Å². The van der Waals surface area contributed by atoms with Crippen molar-refractivity contribution in [2.75, 3.05) is 13.2 Å². The predicted octanol–water partition coefficient (Wildman–Crippen LogP) is 3.45. The van der Waals surface area contributed by atoms with Crippen molar-refractivity contribution in [3.8, 4) is 11.5 Å². The summed E-state index contributed by atoms with van der Waals surface area (Å²) in [6, 6.07) is 9.17. The average molecular weight is 302 g/mol. The third-order valence-electron chi connectivity index (χ3n) is 2.93. The van der Waals surface area contributed by atoms with Crippen LogP contribution in [0.15, 0.2) is 36.5 Å². The van der Waals surface area contributed by atoms with E-state index in [1.165, 1.54) is 12.3 Å². The van der Waals surface area contributed by atoms with Gasteiger partial charge in [-0.2, -0.15) is 0 Å².